The van der Waals surface area contributed by atoms with Gasteiger partial charge in [-0.1, -0.05) is 6.07 Å². The van der Waals surface area contributed by atoms with Crippen molar-refractivity contribution in [3.8, 4) is 0 Å². The summed E-state index contributed by atoms with van der Waals surface area (Å²) in [5.41, 5.74) is 4.80. The zero-order chi connectivity index (χ0) is 13.4. The fraction of sp³-hybridized carbons (Fsp3) is 0.400. The predicted molar refractivity (Wildman–Crippen MR) is 83.2 cm³/mol. The molecule has 1 fully saturated rings. The quantitative estimate of drug-likeness (QED) is 0.811. The summed E-state index contributed by atoms with van der Waals surface area (Å²) >= 11 is 0. The van der Waals surface area contributed by atoms with Gasteiger partial charge in [-0.2, -0.15) is 0 Å². The van der Waals surface area contributed by atoms with E-state index in [0.717, 1.165) is 24.2 Å². The molecule has 0 unspecified atom stereocenters. The summed E-state index contributed by atoms with van der Waals surface area (Å²) < 4.78 is 0. The van der Waals surface area contributed by atoms with Crippen molar-refractivity contribution < 1.29 is 4.79 Å². The highest BCUT2D eigenvalue weighted by molar-refractivity contribution is 5.86. The van der Waals surface area contributed by atoms with E-state index in [0.29, 0.717) is 6.54 Å². The highest BCUT2D eigenvalue weighted by Gasteiger charge is 2.24. The van der Waals surface area contributed by atoms with E-state index in [1.54, 1.807) is 0 Å². The summed E-state index contributed by atoms with van der Waals surface area (Å²) in [5.74, 6) is 0.306. The number of rotatable bonds is 3. The lowest BCUT2D eigenvalue weighted by Gasteiger charge is -2.25. The summed E-state index contributed by atoms with van der Waals surface area (Å²) in [4.78, 5) is 15.1. The molecule has 3 rings (SSSR count). The summed E-state index contributed by atoms with van der Waals surface area (Å²) in [5, 5.41) is 7.36. The van der Waals surface area contributed by atoms with E-state index in [9.17, 15) is 4.79 Å². The highest BCUT2D eigenvalue weighted by Crippen LogP contribution is 2.22. The van der Waals surface area contributed by atoms with Gasteiger partial charge in [-0.3, -0.25) is 4.79 Å². The number of hydrogen-bond acceptors (Lipinski definition) is 2. The maximum Gasteiger partial charge on any atom is 0.225 e. The van der Waals surface area contributed by atoms with Gasteiger partial charge in [-0.25, -0.2) is 0 Å². The van der Waals surface area contributed by atoms with Crippen molar-refractivity contribution in [2.24, 2.45) is 5.92 Å². The van der Waals surface area contributed by atoms with E-state index in [-0.39, 0.29) is 24.2 Å². The SMILES string of the molecule is Cc1[nH]c2ccc(CNC(=O)C3CNC3)cc2c1C.Cl. The molecule has 3 N–H and O–H groups in total. The van der Waals surface area contributed by atoms with Gasteiger partial charge in [-0.05, 0) is 37.1 Å². The number of amides is 1. The molecular weight excluding hydrogens is 274 g/mol. The largest absolute Gasteiger partial charge is 0.358 e. The van der Waals surface area contributed by atoms with Crippen molar-refractivity contribution in [1.82, 2.24) is 15.6 Å². The molecule has 0 atom stereocenters. The van der Waals surface area contributed by atoms with E-state index >= 15 is 0 Å². The number of fused-ring (bicyclic) bond motifs is 1. The van der Waals surface area contributed by atoms with Gasteiger partial charge in [0, 0.05) is 36.2 Å². The van der Waals surface area contributed by atoms with Crippen LogP contribution in [0.4, 0.5) is 0 Å². The van der Waals surface area contributed by atoms with Crippen LogP contribution in [0.5, 0.6) is 0 Å². The van der Waals surface area contributed by atoms with Gasteiger partial charge < -0.3 is 15.6 Å². The number of aryl methyl sites for hydroxylation is 2. The number of aromatic amines is 1. The van der Waals surface area contributed by atoms with Crippen LogP contribution in [0.1, 0.15) is 16.8 Å². The van der Waals surface area contributed by atoms with Gasteiger partial charge >= 0.3 is 0 Å². The number of carbonyl (C=O) groups is 1. The Morgan fingerprint density at radius 1 is 1.35 bits per heavy atom. The van der Waals surface area contributed by atoms with E-state index in [2.05, 4.69) is 47.7 Å². The van der Waals surface area contributed by atoms with Crippen LogP contribution in [0.25, 0.3) is 10.9 Å². The number of aromatic nitrogens is 1. The van der Waals surface area contributed by atoms with Crippen molar-refractivity contribution in [3.05, 3.63) is 35.0 Å². The van der Waals surface area contributed by atoms with Crippen LogP contribution in [-0.4, -0.2) is 24.0 Å². The molecule has 4 nitrogen and oxygen atoms in total. The first-order valence-corrected chi connectivity index (χ1v) is 6.71. The van der Waals surface area contributed by atoms with Crippen molar-refractivity contribution in [2.45, 2.75) is 20.4 Å². The third-order valence-corrected chi connectivity index (χ3v) is 3.99. The lowest BCUT2D eigenvalue weighted by atomic mass is 10.0. The molecule has 1 aliphatic heterocycles. The van der Waals surface area contributed by atoms with Crippen LogP contribution in [0.15, 0.2) is 18.2 Å². The van der Waals surface area contributed by atoms with E-state index < -0.39 is 0 Å². The van der Waals surface area contributed by atoms with Gasteiger partial charge in [0.2, 0.25) is 5.91 Å². The van der Waals surface area contributed by atoms with Gasteiger partial charge in [-0.15, -0.1) is 12.4 Å². The third-order valence-electron chi connectivity index (χ3n) is 3.99. The number of carbonyl (C=O) groups excluding carboxylic acids is 1. The van der Waals surface area contributed by atoms with Crippen LogP contribution < -0.4 is 10.6 Å². The lowest BCUT2D eigenvalue weighted by Crippen LogP contribution is -2.50. The monoisotopic (exact) mass is 293 g/mol. The number of halogens is 1. The average Bonchev–Trinajstić information content (AvgIpc) is 2.61. The second kappa shape index (κ2) is 5.85. The van der Waals surface area contributed by atoms with E-state index in [4.69, 9.17) is 0 Å². The number of H-pyrrole nitrogens is 1. The fourth-order valence-electron chi connectivity index (χ4n) is 2.43. The van der Waals surface area contributed by atoms with Crippen LogP contribution in [0, 0.1) is 19.8 Å². The first-order valence-electron chi connectivity index (χ1n) is 6.71. The number of benzene rings is 1. The highest BCUT2D eigenvalue weighted by atomic mass is 35.5. The minimum Gasteiger partial charge on any atom is -0.358 e. The molecule has 0 aliphatic carbocycles. The Bertz CT molecular complexity index is 631. The molecule has 5 heteroatoms. The van der Waals surface area contributed by atoms with Crippen LogP contribution in [0.3, 0.4) is 0 Å². The summed E-state index contributed by atoms with van der Waals surface area (Å²) in [6.07, 6.45) is 0. The number of nitrogens with one attached hydrogen (secondary N) is 3. The van der Waals surface area contributed by atoms with Gasteiger partial charge in [0.1, 0.15) is 0 Å². The minimum absolute atomic E-state index is 0. The molecule has 0 saturated carbocycles. The number of hydrogen-bond donors (Lipinski definition) is 3. The first-order chi connectivity index (χ1) is 9.15. The Hall–Kier alpha value is -1.52. The summed E-state index contributed by atoms with van der Waals surface area (Å²) in [6, 6.07) is 6.31. The Labute approximate surface area is 124 Å². The Morgan fingerprint density at radius 2 is 2.10 bits per heavy atom. The Kier molecular flexibility index (Phi) is 4.35. The first kappa shape index (κ1) is 14.9. The average molecular weight is 294 g/mol. The minimum atomic E-state index is 0. The van der Waals surface area contributed by atoms with Crippen molar-refractivity contribution in [1.29, 1.82) is 0 Å². The maximum absolute atomic E-state index is 11.8. The predicted octanol–water partition coefficient (Wildman–Crippen LogP) is 2.04. The van der Waals surface area contributed by atoms with Crippen molar-refractivity contribution >= 4 is 29.2 Å². The Balaban J connectivity index is 0.00000147. The van der Waals surface area contributed by atoms with Crippen molar-refractivity contribution in [2.75, 3.05) is 13.1 Å². The fourth-order valence-corrected chi connectivity index (χ4v) is 2.43. The molecule has 108 valence electrons. The topological polar surface area (TPSA) is 56.9 Å². The second-order valence-electron chi connectivity index (χ2n) is 5.33. The van der Waals surface area contributed by atoms with Crippen LogP contribution >= 0.6 is 12.4 Å². The molecule has 20 heavy (non-hydrogen) atoms. The van der Waals surface area contributed by atoms with Crippen LogP contribution in [-0.2, 0) is 11.3 Å². The van der Waals surface area contributed by atoms with E-state index in [1.165, 1.54) is 16.6 Å². The van der Waals surface area contributed by atoms with Gasteiger partial charge in [0.05, 0.1) is 5.92 Å². The van der Waals surface area contributed by atoms with Gasteiger partial charge in [0.25, 0.3) is 0 Å². The molecule has 1 amide bonds. The van der Waals surface area contributed by atoms with Crippen LogP contribution in [0.2, 0.25) is 0 Å². The molecule has 0 radical (unpaired) electrons. The lowest BCUT2D eigenvalue weighted by molar-refractivity contribution is -0.126. The summed E-state index contributed by atoms with van der Waals surface area (Å²) in [7, 11) is 0. The molecule has 2 aromatic rings. The maximum atomic E-state index is 11.8. The van der Waals surface area contributed by atoms with Gasteiger partial charge in [0.15, 0.2) is 0 Å². The molecule has 0 spiro atoms. The second-order valence-corrected chi connectivity index (χ2v) is 5.33. The smallest absolute Gasteiger partial charge is 0.225 e. The van der Waals surface area contributed by atoms with Crippen molar-refractivity contribution in [3.63, 3.8) is 0 Å². The molecule has 2 heterocycles. The normalized spacial score (nSPS) is 14.7. The molecule has 1 saturated heterocycles. The zero-order valence-electron chi connectivity index (χ0n) is 11.7. The molecular formula is C15H20ClN3O. The molecule has 1 aromatic carbocycles. The third kappa shape index (κ3) is 2.67. The molecule has 0 bridgehead atoms. The Morgan fingerprint density at radius 3 is 2.75 bits per heavy atom. The summed E-state index contributed by atoms with van der Waals surface area (Å²) in [6.45, 7) is 6.42. The molecule has 1 aliphatic rings. The zero-order valence-corrected chi connectivity index (χ0v) is 12.6. The molecule has 1 aromatic heterocycles. The standard InChI is InChI=1S/C15H19N3O.ClH/c1-9-10(2)18-14-4-3-11(5-13(9)14)6-17-15(19)12-7-16-8-12;/h3-5,12,16,18H,6-8H2,1-2H3,(H,17,19);1H. The van der Waals surface area contributed by atoms with E-state index in [1.807, 2.05) is 0 Å².